The predicted molar refractivity (Wildman–Crippen MR) is 96.3 cm³/mol. The van der Waals surface area contributed by atoms with Crippen LogP contribution in [0.3, 0.4) is 0 Å². The van der Waals surface area contributed by atoms with E-state index in [1.54, 1.807) is 38.9 Å². The Morgan fingerprint density at radius 3 is 2.33 bits per heavy atom. The van der Waals surface area contributed by atoms with Crippen molar-refractivity contribution in [1.82, 2.24) is 5.01 Å². The van der Waals surface area contributed by atoms with Gasteiger partial charge in [-0.15, -0.1) is 5.11 Å². The Hall–Kier alpha value is -1.53. The Labute approximate surface area is 146 Å². The molecule has 0 bridgehead atoms. The standard InChI is InChI=1S/C18H33N3O3/c1-9-19-20-21(10-2)15(4)13-14(3)16(22)18(7,8)24-12-11-17(5,6)23/h9-10,14-15,23H,1-2,11-13H2,3-8H3/b20-19-. The summed E-state index contributed by atoms with van der Waals surface area (Å²) < 4.78 is 5.72. The summed E-state index contributed by atoms with van der Waals surface area (Å²) in [6, 6.07) is -0.0303. The molecule has 0 rings (SSSR count). The normalized spacial score (nSPS) is 15.1. The molecule has 0 aromatic rings. The number of rotatable bonds is 12. The summed E-state index contributed by atoms with van der Waals surface area (Å²) in [5, 5.41) is 19.0. The number of ether oxygens (including phenoxy) is 1. The molecule has 0 spiro atoms. The summed E-state index contributed by atoms with van der Waals surface area (Å²) >= 11 is 0. The highest BCUT2D eigenvalue weighted by Crippen LogP contribution is 2.23. The molecule has 2 unspecified atom stereocenters. The van der Waals surface area contributed by atoms with Gasteiger partial charge in [0.2, 0.25) is 0 Å². The van der Waals surface area contributed by atoms with E-state index >= 15 is 0 Å². The highest BCUT2D eigenvalue weighted by Gasteiger charge is 2.33. The molecule has 138 valence electrons. The van der Waals surface area contributed by atoms with Gasteiger partial charge in [-0.2, -0.15) is 0 Å². The first-order chi connectivity index (χ1) is 10.9. The average Bonchev–Trinajstić information content (AvgIpc) is 2.45. The summed E-state index contributed by atoms with van der Waals surface area (Å²) in [5.74, 6) is -0.187. The Balaban J connectivity index is 4.69. The smallest absolute Gasteiger partial charge is 0.166 e. The molecule has 0 saturated heterocycles. The highest BCUT2D eigenvalue weighted by molar-refractivity contribution is 5.88. The van der Waals surface area contributed by atoms with Crippen molar-refractivity contribution in [3.05, 3.63) is 25.6 Å². The lowest BCUT2D eigenvalue weighted by Crippen LogP contribution is -2.41. The van der Waals surface area contributed by atoms with Crippen LogP contribution >= 0.6 is 0 Å². The third-order valence-electron chi connectivity index (χ3n) is 3.79. The number of hydrogen-bond acceptors (Lipinski definition) is 5. The molecule has 0 aliphatic rings. The maximum atomic E-state index is 12.7. The second-order valence-electron chi connectivity index (χ2n) is 7.22. The summed E-state index contributed by atoms with van der Waals surface area (Å²) in [7, 11) is 0. The molecule has 24 heavy (non-hydrogen) atoms. The number of hydrogen-bond donors (Lipinski definition) is 1. The number of aliphatic hydroxyl groups is 1. The van der Waals surface area contributed by atoms with Gasteiger partial charge in [-0.1, -0.05) is 25.3 Å². The zero-order valence-corrected chi connectivity index (χ0v) is 16.0. The number of ketones is 1. The van der Waals surface area contributed by atoms with E-state index in [1.807, 2.05) is 13.8 Å². The van der Waals surface area contributed by atoms with E-state index in [-0.39, 0.29) is 17.7 Å². The third-order valence-corrected chi connectivity index (χ3v) is 3.79. The molecule has 0 heterocycles. The van der Waals surface area contributed by atoms with Gasteiger partial charge in [-0.3, -0.25) is 9.80 Å². The largest absolute Gasteiger partial charge is 0.390 e. The molecule has 0 amide bonds. The quantitative estimate of drug-likeness (QED) is 0.432. The van der Waals surface area contributed by atoms with Gasteiger partial charge in [0.1, 0.15) is 5.60 Å². The van der Waals surface area contributed by atoms with Gasteiger partial charge < -0.3 is 9.84 Å². The first-order valence-corrected chi connectivity index (χ1v) is 8.28. The van der Waals surface area contributed by atoms with E-state index < -0.39 is 11.2 Å². The second kappa shape index (κ2) is 9.69. The van der Waals surface area contributed by atoms with Crippen molar-refractivity contribution in [1.29, 1.82) is 0 Å². The van der Waals surface area contributed by atoms with Crippen molar-refractivity contribution in [3.8, 4) is 0 Å². The van der Waals surface area contributed by atoms with Crippen LogP contribution in [0.4, 0.5) is 0 Å². The van der Waals surface area contributed by atoms with E-state index in [2.05, 4.69) is 23.5 Å². The van der Waals surface area contributed by atoms with Crippen molar-refractivity contribution < 1.29 is 14.6 Å². The van der Waals surface area contributed by atoms with Crippen molar-refractivity contribution in [3.63, 3.8) is 0 Å². The fraction of sp³-hybridized carbons (Fsp3) is 0.722. The molecule has 6 heteroatoms. The van der Waals surface area contributed by atoms with Crippen LogP contribution in [0.15, 0.2) is 35.9 Å². The molecule has 2 atom stereocenters. The van der Waals surface area contributed by atoms with Gasteiger partial charge in [0, 0.05) is 18.3 Å². The lowest BCUT2D eigenvalue weighted by atomic mass is 9.88. The van der Waals surface area contributed by atoms with Gasteiger partial charge in [0.25, 0.3) is 0 Å². The number of carbonyl (C=O) groups excluding carboxylic acids is 1. The predicted octanol–water partition coefficient (Wildman–Crippen LogP) is 3.88. The number of nitrogens with zero attached hydrogens (tertiary/aromatic N) is 3. The molecular weight excluding hydrogens is 306 g/mol. The fourth-order valence-corrected chi connectivity index (χ4v) is 2.35. The van der Waals surface area contributed by atoms with E-state index in [4.69, 9.17) is 4.74 Å². The van der Waals surface area contributed by atoms with E-state index in [0.717, 1.165) is 0 Å². The first kappa shape index (κ1) is 22.5. The minimum absolute atomic E-state index is 0.0229. The van der Waals surface area contributed by atoms with Crippen LogP contribution in [0, 0.1) is 5.92 Å². The maximum Gasteiger partial charge on any atom is 0.166 e. The maximum absolute atomic E-state index is 12.7. The molecule has 0 aromatic carbocycles. The Kier molecular flexibility index (Phi) is 9.07. The lowest BCUT2D eigenvalue weighted by Gasteiger charge is -2.30. The molecule has 0 aromatic heterocycles. The van der Waals surface area contributed by atoms with Gasteiger partial charge in [-0.05, 0) is 47.5 Å². The van der Waals surface area contributed by atoms with Crippen molar-refractivity contribution >= 4 is 5.78 Å². The minimum Gasteiger partial charge on any atom is -0.390 e. The van der Waals surface area contributed by atoms with Gasteiger partial charge >= 0.3 is 0 Å². The minimum atomic E-state index is -0.897. The lowest BCUT2D eigenvalue weighted by molar-refractivity contribution is -0.146. The van der Waals surface area contributed by atoms with Crippen LogP contribution in [-0.4, -0.2) is 39.7 Å². The van der Waals surface area contributed by atoms with Crippen LogP contribution in [-0.2, 0) is 9.53 Å². The average molecular weight is 339 g/mol. The molecule has 0 fully saturated rings. The SMILES string of the molecule is C=C/N=N\N(C=C)C(C)CC(C)C(=O)C(C)(C)OCCC(C)(C)O. The Morgan fingerprint density at radius 2 is 1.88 bits per heavy atom. The van der Waals surface area contributed by atoms with Crippen LogP contribution in [0.2, 0.25) is 0 Å². The summed E-state index contributed by atoms with van der Waals surface area (Å²) in [5.41, 5.74) is -1.70. The van der Waals surface area contributed by atoms with Crippen molar-refractivity contribution in [2.24, 2.45) is 16.3 Å². The Morgan fingerprint density at radius 1 is 1.29 bits per heavy atom. The molecule has 0 aliphatic heterocycles. The fourth-order valence-electron chi connectivity index (χ4n) is 2.35. The molecule has 1 N–H and O–H groups in total. The summed E-state index contributed by atoms with van der Waals surface area (Å²) in [6.45, 7) is 18.3. The highest BCUT2D eigenvalue weighted by atomic mass is 16.5. The van der Waals surface area contributed by atoms with Gasteiger partial charge in [0.05, 0.1) is 18.2 Å². The summed E-state index contributed by atoms with van der Waals surface area (Å²) in [6.07, 6.45) is 3.98. The van der Waals surface area contributed by atoms with Gasteiger partial charge in [0.15, 0.2) is 5.78 Å². The molecule has 0 radical (unpaired) electrons. The van der Waals surface area contributed by atoms with Crippen molar-refractivity contribution in [2.75, 3.05) is 6.61 Å². The van der Waals surface area contributed by atoms with Crippen LogP contribution in [0.5, 0.6) is 0 Å². The van der Waals surface area contributed by atoms with E-state index in [9.17, 15) is 9.90 Å². The van der Waals surface area contributed by atoms with Crippen LogP contribution < -0.4 is 0 Å². The van der Waals surface area contributed by atoms with E-state index in [0.29, 0.717) is 19.4 Å². The third kappa shape index (κ3) is 8.36. The Bertz CT molecular complexity index is 453. The second-order valence-corrected chi connectivity index (χ2v) is 7.22. The van der Waals surface area contributed by atoms with Crippen molar-refractivity contribution in [2.45, 2.75) is 71.6 Å². The topological polar surface area (TPSA) is 74.5 Å². The van der Waals surface area contributed by atoms with Crippen LogP contribution in [0.25, 0.3) is 0 Å². The molecular formula is C18H33N3O3. The zero-order valence-electron chi connectivity index (χ0n) is 16.0. The monoisotopic (exact) mass is 339 g/mol. The first-order valence-electron chi connectivity index (χ1n) is 8.28. The van der Waals surface area contributed by atoms with E-state index in [1.165, 1.54) is 6.20 Å². The zero-order chi connectivity index (χ0) is 19.0. The van der Waals surface area contributed by atoms with Crippen LogP contribution in [0.1, 0.15) is 54.4 Å². The molecule has 0 aliphatic carbocycles. The number of Topliss-reactive ketones (excluding diaryl/α,β-unsaturated/α-hetero) is 1. The number of carbonyl (C=O) groups is 1. The molecule has 0 saturated carbocycles. The molecule has 6 nitrogen and oxygen atoms in total. The van der Waals surface area contributed by atoms with Gasteiger partial charge in [-0.25, -0.2) is 0 Å². The summed E-state index contributed by atoms with van der Waals surface area (Å²) in [4.78, 5) is 12.7.